The third-order valence-corrected chi connectivity index (χ3v) is 6.45. The van der Waals surface area contributed by atoms with E-state index in [9.17, 15) is 13.2 Å². The van der Waals surface area contributed by atoms with Crippen LogP contribution in [0.4, 0.5) is 5.69 Å². The molecule has 1 fully saturated rings. The number of nitrogens with zero attached hydrogens (tertiary/aromatic N) is 1. The van der Waals surface area contributed by atoms with Crippen molar-refractivity contribution in [2.45, 2.75) is 44.0 Å². The fourth-order valence-electron chi connectivity index (χ4n) is 3.51. The van der Waals surface area contributed by atoms with E-state index in [0.717, 1.165) is 43.6 Å². The Morgan fingerprint density at radius 1 is 1.38 bits per heavy atom. The molecule has 2 atom stereocenters. The molecule has 1 saturated heterocycles. The lowest BCUT2D eigenvalue weighted by Gasteiger charge is -2.31. The molecule has 0 saturated carbocycles. The number of anilines is 1. The van der Waals surface area contributed by atoms with E-state index in [1.165, 1.54) is 6.92 Å². The van der Waals surface area contributed by atoms with Gasteiger partial charge in [-0.1, -0.05) is 13.0 Å². The van der Waals surface area contributed by atoms with E-state index < -0.39 is 10.0 Å². The van der Waals surface area contributed by atoms with E-state index >= 15 is 0 Å². The Morgan fingerprint density at radius 3 is 2.88 bits per heavy atom. The summed E-state index contributed by atoms with van der Waals surface area (Å²) >= 11 is 0. The fourth-order valence-corrected chi connectivity index (χ4v) is 4.90. The van der Waals surface area contributed by atoms with Gasteiger partial charge in [-0.2, -0.15) is 0 Å². The highest BCUT2D eigenvalue weighted by atomic mass is 32.2. The van der Waals surface area contributed by atoms with Gasteiger partial charge < -0.3 is 10.2 Å². The SMILES string of the molecule is CC(=O)N1CCCc2ccc(S(=O)(=O)NC3CCNCC3C)cc21. The van der Waals surface area contributed by atoms with Crippen molar-refractivity contribution in [1.29, 1.82) is 0 Å². The van der Waals surface area contributed by atoms with E-state index in [4.69, 9.17) is 0 Å². The highest BCUT2D eigenvalue weighted by Crippen LogP contribution is 2.30. The van der Waals surface area contributed by atoms with Crippen molar-refractivity contribution in [3.8, 4) is 0 Å². The molecule has 1 amide bonds. The van der Waals surface area contributed by atoms with Gasteiger partial charge in [0.15, 0.2) is 0 Å². The number of benzene rings is 1. The Kier molecular flexibility index (Phi) is 4.94. The summed E-state index contributed by atoms with van der Waals surface area (Å²) in [4.78, 5) is 13.7. The second-order valence-corrected chi connectivity index (χ2v) is 8.48. The highest BCUT2D eigenvalue weighted by Gasteiger charge is 2.28. The molecule has 0 spiro atoms. The maximum atomic E-state index is 12.8. The number of nitrogens with one attached hydrogen (secondary N) is 2. The van der Waals surface area contributed by atoms with Crippen LogP contribution in [-0.2, 0) is 21.2 Å². The van der Waals surface area contributed by atoms with Gasteiger partial charge in [0.1, 0.15) is 0 Å². The molecular formula is C17H25N3O3S. The molecule has 2 aliphatic heterocycles. The van der Waals surface area contributed by atoms with Gasteiger partial charge in [-0.3, -0.25) is 4.79 Å². The lowest BCUT2D eigenvalue weighted by Crippen LogP contribution is -2.48. The predicted molar refractivity (Wildman–Crippen MR) is 93.6 cm³/mol. The van der Waals surface area contributed by atoms with Crippen LogP contribution in [0.2, 0.25) is 0 Å². The summed E-state index contributed by atoms with van der Waals surface area (Å²) in [5.74, 6) is 0.199. The van der Waals surface area contributed by atoms with Crippen LogP contribution in [0.5, 0.6) is 0 Å². The normalized spacial score (nSPS) is 24.5. The number of aryl methyl sites for hydroxylation is 1. The standard InChI is InChI=1S/C17H25N3O3S/c1-12-11-18-8-7-16(12)19-24(22,23)15-6-5-14-4-3-9-20(13(2)21)17(14)10-15/h5-6,10,12,16,18-19H,3-4,7-9,11H2,1-2H3. The van der Waals surface area contributed by atoms with Gasteiger partial charge in [0.2, 0.25) is 15.9 Å². The van der Waals surface area contributed by atoms with Gasteiger partial charge in [-0.05, 0) is 56.0 Å². The number of fused-ring (bicyclic) bond motifs is 1. The largest absolute Gasteiger partial charge is 0.316 e. The molecule has 2 unspecified atom stereocenters. The Labute approximate surface area is 143 Å². The topological polar surface area (TPSA) is 78.5 Å². The van der Waals surface area contributed by atoms with Gasteiger partial charge in [0.25, 0.3) is 0 Å². The smallest absolute Gasteiger partial charge is 0.240 e. The van der Waals surface area contributed by atoms with Gasteiger partial charge >= 0.3 is 0 Å². The van der Waals surface area contributed by atoms with Gasteiger partial charge in [0.05, 0.1) is 4.90 Å². The molecule has 132 valence electrons. The summed E-state index contributed by atoms with van der Waals surface area (Å²) in [7, 11) is -3.59. The van der Waals surface area contributed by atoms with Gasteiger partial charge in [-0.25, -0.2) is 13.1 Å². The summed E-state index contributed by atoms with van der Waals surface area (Å²) < 4.78 is 28.4. The maximum absolute atomic E-state index is 12.8. The monoisotopic (exact) mass is 351 g/mol. The first-order valence-electron chi connectivity index (χ1n) is 8.52. The summed E-state index contributed by atoms with van der Waals surface area (Å²) in [6.07, 6.45) is 2.56. The minimum atomic E-state index is -3.59. The lowest BCUT2D eigenvalue weighted by molar-refractivity contribution is -0.116. The first kappa shape index (κ1) is 17.4. The van der Waals surface area contributed by atoms with Crippen LogP contribution >= 0.6 is 0 Å². The fraction of sp³-hybridized carbons (Fsp3) is 0.588. The molecule has 3 rings (SSSR count). The second-order valence-electron chi connectivity index (χ2n) is 6.76. The third kappa shape index (κ3) is 3.48. The molecule has 7 heteroatoms. The number of piperidine rings is 1. The summed E-state index contributed by atoms with van der Waals surface area (Å²) in [6, 6.07) is 5.07. The van der Waals surface area contributed by atoms with Crippen LogP contribution in [0.25, 0.3) is 0 Å². The highest BCUT2D eigenvalue weighted by molar-refractivity contribution is 7.89. The van der Waals surface area contributed by atoms with Crippen LogP contribution in [0.15, 0.2) is 23.1 Å². The predicted octanol–water partition coefficient (Wildman–Crippen LogP) is 1.26. The number of carbonyl (C=O) groups is 1. The summed E-state index contributed by atoms with van der Waals surface area (Å²) in [5, 5.41) is 3.27. The van der Waals surface area contributed by atoms with E-state index in [1.54, 1.807) is 17.0 Å². The lowest BCUT2D eigenvalue weighted by atomic mass is 9.97. The molecule has 2 heterocycles. The van der Waals surface area contributed by atoms with Crippen molar-refractivity contribution in [2.24, 2.45) is 5.92 Å². The van der Waals surface area contributed by atoms with Crippen LogP contribution in [0, 0.1) is 5.92 Å². The number of carbonyl (C=O) groups excluding carboxylic acids is 1. The first-order valence-corrected chi connectivity index (χ1v) is 10.0. The number of amides is 1. The van der Waals surface area contributed by atoms with Crippen LogP contribution in [-0.4, -0.2) is 40.0 Å². The number of rotatable bonds is 3. The summed E-state index contributed by atoms with van der Waals surface area (Å²) in [5.41, 5.74) is 1.76. The molecule has 0 aliphatic carbocycles. The van der Waals surface area contributed by atoms with Gasteiger partial charge in [0, 0.05) is 25.2 Å². The van der Waals surface area contributed by atoms with Gasteiger partial charge in [-0.15, -0.1) is 0 Å². The maximum Gasteiger partial charge on any atom is 0.240 e. The molecule has 1 aromatic carbocycles. The van der Waals surface area contributed by atoms with E-state index in [1.807, 2.05) is 13.0 Å². The molecule has 2 N–H and O–H groups in total. The molecule has 1 aromatic rings. The average molecular weight is 351 g/mol. The zero-order valence-corrected chi connectivity index (χ0v) is 15.0. The van der Waals surface area contributed by atoms with E-state index in [-0.39, 0.29) is 22.8 Å². The minimum Gasteiger partial charge on any atom is -0.316 e. The Morgan fingerprint density at radius 2 is 2.17 bits per heavy atom. The van der Waals surface area contributed by atoms with Crippen molar-refractivity contribution >= 4 is 21.6 Å². The van der Waals surface area contributed by atoms with E-state index in [2.05, 4.69) is 10.0 Å². The van der Waals surface area contributed by atoms with Crippen molar-refractivity contribution in [3.63, 3.8) is 0 Å². The van der Waals surface area contributed by atoms with Crippen molar-refractivity contribution in [2.75, 3.05) is 24.5 Å². The van der Waals surface area contributed by atoms with Crippen LogP contribution in [0.3, 0.4) is 0 Å². The number of hydrogen-bond donors (Lipinski definition) is 2. The summed E-state index contributed by atoms with van der Waals surface area (Å²) in [6.45, 7) is 5.84. The molecule has 0 aromatic heterocycles. The molecule has 2 aliphatic rings. The molecule has 0 radical (unpaired) electrons. The van der Waals surface area contributed by atoms with Crippen molar-refractivity contribution in [1.82, 2.24) is 10.0 Å². The van der Waals surface area contributed by atoms with Crippen molar-refractivity contribution < 1.29 is 13.2 Å². The molecular weight excluding hydrogens is 326 g/mol. The Bertz CT molecular complexity index is 733. The molecule has 6 nitrogen and oxygen atoms in total. The third-order valence-electron chi connectivity index (χ3n) is 4.96. The number of hydrogen-bond acceptors (Lipinski definition) is 4. The molecule has 0 bridgehead atoms. The van der Waals surface area contributed by atoms with Crippen LogP contribution < -0.4 is 14.9 Å². The first-order chi connectivity index (χ1) is 11.4. The zero-order valence-electron chi connectivity index (χ0n) is 14.2. The zero-order chi connectivity index (χ0) is 17.3. The Hall–Kier alpha value is -1.44. The Balaban J connectivity index is 1.88. The van der Waals surface area contributed by atoms with E-state index in [0.29, 0.717) is 6.54 Å². The van der Waals surface area contributed by atoms with Crippen molar-refractivity contribution in [3.05, 3.63) is 23.8 Å². The molecule has 24 heavy (non-hydrogen) atoms. The quantitative estimate of drug-likeness (QED) is 0.859. The number of sulfonamides is 1. The second kappa shape index (κ2) is 6.82. The average Bonchev–Trinajstić information content (AvgIpc) is 2.55. The minimum absolute atomic E-state index is 0.0505. The van der Waals surface area contributed by atoms with Crippen LogP contribution in [0.1, 0.15) is 32.3 Å².